The fourth-order valence-corrected chi connectivity index (χ4v) is 1.24. The molecule has 0 aromatic carbocycles. The van der Waals surface area contributed by atoms with Gasteiger partial charge in [-0.2, -0.15) is 61.5 Å². The smallest absolute Gasteiger partial charge is 0.546 e. The van der Waals surface area contributed by atoms with Crippen LogP contribution >= 0.6 is 0 Å². The van der Waals surface area contributed by atoms with E-state index < -0.39 is 47.7 Å². The fraction of sp³-hybridized carbons (Fsp3) is 0.875. The van der Waals surface area contributed by atoms with Crippen LogP contribution in [0.15, 0.2) is 0 Å². The molecule has 0 amide bonds. The molecule has 0 rings (SSSR count). The summed E-state index contributed by atoms with van der Waals surface area (Å²) in [5.74, 6) is -38.0. The van der Waals surface area contributed by atoms with E-state index in [0.717, 1.165) is 0 Å². The average molecular weight is 436 g/mol. The van der Waals surface area contributed by atoms with Gasteiger partial charge in [0, 0.05) is 0 Å². The molecular weight excluding hydrogens is 436 g/mol. The minimum Gasteiger partial charge on any atom is -0.546 e. The van der Waals surface area contributed by atoms with Gasteiger partial charge in [0.25, 0.3) is 5.67 Å². The number of hydrogen-bond donors (Lipinski definition) is 0. The Kier molecular flexibility index (Phi) is 7.22. The van der Waals surface area contributed by atoms with Gasteiger partial charge in [-0.25, -0.2) is 4.39 Å². The van der Waals surface area contributed by atoms with Gasteiger partial charge in [-0.1, -0.05) is 0 Å². The molecule has 0 bridgehead atoms. The van der Waals surface area contributed by atoms with Crippen molar-refractivity contribution in [3.63, 3.8) is 0 Å². The van der Waals surface area contributed by atoms with E-state index in [-0.39, 0.29) is 29.6 Å². The Morgan fingerprint density at radius 1 is 0.500 bits per heavy atom. The third kappa shape index (κ3) is 3.33. The van der Waals surface area contributed by atoms with E-state index in [1.165, 1.54) is 0 Å². The molecule has 0 fully saturated rings. The van der Waals surface area contributed by atoms with E-state index in [1.807, 2.05) is 0 Å². The zero-order chi connectivity index (χ0) is 21.1. The number of carboxylic acids is 1. The van der Waals surface area contributed by atoms with Crippen molar-refractivity contribution in [1.29, 1.82) is 0 Å². The van der Waals surface area contributed by atoms with Crippen LogP contribution in [0, 0.1) is 0 Å². The van der Waals surface area contributed by atoms with Crippen LogP contribution in [0.5, 0.6) is 0 Å². The molecule has 0 N–H and O–H groups in total. The Bertz CT molecular complexity index is 535. The SMILES string of the molecule is O=C([O-])C(F)(C(F)(F)C(F)(F)F)C(F)(F)C(F)(F)C(F)(F)C(F)(F)F.[Na+]. The predicted octanol–water partition coefficient (Wildman–Crippen LogP) is 0.114. The summed E-state index contributed by atoms with van der Waals surface area (Å²) in [6, 6.07) is 0. The molecule has 1 atom stereocenters. The molecule has 26 heavy (non-hydrogen) atoms. The molecule has 0 heterocycles. The Hall–Kier alpha value is -0.580. The van der Waals surface area contributed by atoms with Crippen LogP contribution in [0.25, 0.3) is 0 Å². The normalized spacial score (nSPS) is 17.3. The van der Waals surface area contributed by atoms with Gasteiger partial charge in [0.2, 0.25) is 0 Å². The maximum atomic E-state index is 13.3. The molecule has 0 aliphatic carbocycles. The summed E-state index contributed by atoms with van der Waals surface area (Å²) in [7, 11) is 0. The summed E-state index contributed by atoms with van der Waals surface area (Å²) in [5.41, 5.74) is -8.03. The van der Waals surface area contributed by atoms with Crippen molar-refractivity contribution >= 4 is 5.97 Å². The maximum Gasteiger partial charge on any atom is 1.00 e. The largest absolute Gasteiger partial charge is 1.00 e. The first-order valence-corrected chi connectivity index (χ1v) is 4.99. The Balaban J connectivity index is 0. The molecule has 18 heteroatoms. The number of aliphatic carboxylic acids is 1. The summed E-state index contributed by atoms with van der Waals surface area (Å²) in [5, 5.41) is 9.98. The molecule has 150 valence electrons. The first-order valence-electron chi connectivity index (χ1n) is 4.99. The zero-order valence-electron chi connectivity index (χ0n) is 11.5. The quantitative estimate of drug-likeness (QED) is 0.454. The van der Waals surface area contributed by atoms with Gasteiger partial charge in [0.1, 0.15) is 0 Å². The van der Waals surface area contributed by atoms with E-state index in [9.17, 15) is 75.8 Å². The van der Waals surface area contributed by atoms with Crippen LogP contribution in [-0.2, 0) is 4.79 Å². The first kappa shape index (κ1) is 27.6. The van der Waals surface area contributed by atoms with Gasteiger partial charge in [-0.15, -0.1) is 0 Å². The van der Waals surface area contributed by atoms with Crippen LogP contribution in [-0.4, -0.2) is 47.7 Å². The topological polar surface area (TPSA) is 40.1 Å². The van der Waals surface area contributed by atoms with E-state index in [2.05, 4.69) is 0 Å². The first-order chi connectivity index (χ1) is 10.4. The number of hydrogen-bond acceptors (Lipinski definition) is 2. The molecule has 0 saturated carbocycles. The summed E-state index contributed by atoms with van der Waals surface area (Å²) >= 11 is 0. The molecule has 0 aromatic heterocycles. The summed E-state index contributed by atoms with van der Waals surface area (Å²) in [6.07, 6.45) is -15.4. The van der Waals surface area contributed by atoms with Gasteiger partial charge < -0.3 is 9.90 Å². The molecule has 0 aliphatic heterocycles. The minimum absolute atomic E-state index is 0. The van der Waals surface area contributed by atoms with Crippen molar-refractivity contribution in [2.75, 3.05) is 0 Å². The number of carbonyl (C=O) groups excluding carboxylic acids is 1. The summed E-state index contributed by atoms with van der Waals surface area (Å²) in [6.45, 7) is 0. The monoisotopic (exact) mass is 436 g/mol. The van der Waals surface area contributed by atoms with Crippen LogP contribution in [0.3, 0.4) is 0 Å². The summed E-state index contributed by atoms with van der Waals surface area (Å²) in [4.78, 5) is 9.98. The number of rotatable bonds is 5. The third-order valence-corrected chi connectivity index (χ3v) is 2.65. The van der Waals surface area contributed by atoms with Gasteiger partial charge in [-0.3, -0.25) is 0 Å². The van der Waals surface area contributed by atoms with Crippen molar-refractivity contribution < 1.29 is 105 Å². The Morgan fingerprint density at radius 3 is 0.962 bits per heavy atom. The second-order valence-electron chi connectivity index (χ2n) is 4.24. The van der Waals surface area contributed by atoms with Crippen molar-refractivity contribution in [2.45, 2.75) is 41.7 Å². The molecule has 2 nitrogen and oxygen atoms in total. The number of halogens is 15. The Labute approximate surface area is 153 Å². The van der Waals surface area contributed by atoms with Crippen molar-refractivity contribution in [3.8, 4) is 0 Å². The molecule has 1 unspecified atom stereocenters. The molecule has 0 spiro atoms. The van der Waals surface area contributed by atoms with E-state index in [0.29, 0.717) is 0 Å². The molecule has 0 aromatic rings. The maximum absolute atomic E-state index is 13.3. The van der Waals surface area contributed by atoms with Crippen molar-refractivity contribution in [2.24, 2.45) is 0 Å². The van der Waals surface area contributed by atoms with E-state index >= 15 is 0 Å². The molecular formula is C8F15NaO2. The predicted molar refractivity (Wildman–Crippen MR) is 40.7 cm³/mol. The number of alkyl halides is 15. The van der Waals surface area contributed by atoms with Gasteiger partial charge in [-0.05, 0) is 0 Å². The van der Waals surface area contributed by atoms with Crippen LogP contribution in [0.4, 0.5) is 65.9 Å². The zero-order valence-corrected chi connectivity index (χ0v) is 13.5. The summed E-state index contributed by atoms with van der Waals surface area (Å²) < 4.78 is 186. The average Bonchev–Trinajstić information content (AvgIpc) is 2.33. The molecule has 0 aliphatic rings. The van der Waals surface area contributed by atoms with Gasteiger partial charge in [0.15, 0.2) is 0 Å². The van der Waals surface area contributed by atoms with E-state index in [1.54, 1.807) is 0 Å². The number of carbonyl (C=O) groups is 1. The standard InChI is InChI=1S/C8HF15O2.Na/c9-2(1(24)25,4(12,13)7(18,19)20)3(10,11)5(14,15)6(16,17)8(21,22)23;/h(H,24,25);/q;+1/p-1. The van der Waals surface area contributed by atoms with E-state index in [4.69, 9.17) is 0 Å². The minimum atomic E-state index is -8.45. The van der Waals surface area contributed by atoms with Crippen molar-refractivity contribution in [3.05, 3.63) is 0 Å². The molecule has 0 radical (unpaired) electrons. The van der Waals surface area contributed by atoms with Gasteiger partial charge in [0.05, 0.1) is 5.97 Å². The second kappa shape index (κ2) is 6.79. The van der Waals surface area contributed by atoms with Crippen LogP contribution in [0.1, 0.15) is 0 Å². The van der Waals surface area contributed by atoms with Gasteiger partial charge >= 0.3 is 65.6 Å². The fourth-order valence-electron chi connectivity index (χ4n) is 1.24. The number of carboxylic acid groups (broad SMARTS) is 1. The van der Waals surface area contributed by atoms with Crippen LogP contribution in [0.2, 0.25) is 0 Å². The van der Waals surface area contributed by atoms with Crippen molar-refractivity contribution in [1.82, 2.24) is 0 Å². The van der Waals surface area contributed by atoms with Crippen LogP contribution < -0.4 is 34.7 Å². The third-order valence-electron chi connectivity index (χ3n) is 2.65. The second-order valence-corrected chi connectivity index (χ2v) is 4.24. The Morgan fingerprint density at radius 2 is 0.769 bits per heavy atom. The molecule has 0 saturated heterocycles.